The summed E-state index contributed by atoms with van der Waals surface area (Å²) in [5, 5.41) is 14.4. The number of piperidine rings is 1. The lowest BCUT2D eigenvalue weighted by atomic mass is 10.1. The molecule has 166 valence electrons. The zero-order valence-corrected chi connectivity index (χ0v) is 19.0. The molecule has 30 heavy (non-hydrogen) atoms. The first-order chi connectivity index (χ1) is 13.5. The van der Waals surface area contributed by atoms with E-state index in [-0.39, 0.29) is 41.5 Å². The van der Waals surface area contributed by atoms with E-state index in [9.17, 15) is 10.1 Å². The second-order valence-electron chi connectivity index (χ2n) is 7.38. The molecule has 1 aliphatic rings. The summed E-state index contributed by atoms with van der Waals surface area (Å²) in [5.41, 5.74) is 8.41. The molecule has 3 N–H and O–H groups in total. The molecule has 2 aromatic rings. The molecule has 1 aromatic heterocycles. The van der Waals surface area contributed by atoms with Crippen molar-refractivity contribution in [2.24, 2.45) is 5.73 Å². The molecule has 0 spiro atoms. The molecule has 2 heterocycles. The van der Waals surface area contributed by atoms with Crippen molar-refractivity contribution in [3.63, 3.8) is 0 Å². The topological polar surface area (TPSA) is 110 Å². The molecule has 1 aromatic carbocycles. The summed E-state index contributed by atoms with van der Waals surface area (Å²) in [6, 6.07) is 7.25. The van der Waals surface area contributed by atoms with E-state index in [0.717, 1.165) is 56.7 Å². The maximum Gasteiger partial charge on any atom is 0.274 e. The lowest BCUT2D eigenvalue weighted by molar-refractivity contribution is -0.385. The van der Waals surface area contributed by atoms with Crippen LogP contribution in [-0.4, -0.2) is 34.0 Å². The molecule has 1 atom stereocenters. The maximum absolute atomic E-state index is 11.2. The number of benzene rings is 1. The van der Waals surface area contributed by atoms with Crippen molar-refractivity contribution in [1.82, 2.24) is 9.97 Å². The van der Waals surface area contributed by atoms with Crippen molar-refractivity contribution >= 4 is 48.0 Å². The first-order valence-corrected chi connectivity index (χ1v) is 9.87. The van der Waals surface area contributed by atoms with E-state index in [1.54, 1.807) is 19.1 Å². The van der Waals surface area contributed by atoms with Gasteiger partial charge in [0.15, 0.2) is 0 Å². The summed E-state index contributed by atoms with van der Waals surface area (Å²) < 4.78 is 0. The van der Waals surface area contributed by atoms with Crippen LogP contribution in [0.25, 0.3) is 0 Å². The van der Waals surface area contributed by atoms with E-state index in [0.29, 0.717) is 17.2 Å². The second-order valence-corrected chi connectivity index (χ2v) is 7.38. The minimum atomic E-state index is -0.375. The van der Waals surface area contributed by atoms with Crippen molar-refractivity contribution < 1.29 is 4.92 Å². The number of nitro benzene ring substituents is 1. The SMILES string of the molecule is CCCCc1cc(N2CCC[C@@H](N)C2)nc(Nc2ccc(C)c([N+](=O)[O-])c2)n1.Cl.Cl. The number of anilines is 3. The predicted octanol–water partition coefficient (Wildman–Crippen LogP) is 4.55. The molecule has 1 saturated heterocycles. The lowest BCUT2D eigenvalue weighted by Crippen LogP contribution is -2.43. The normalized spacial score (nSPS) is 15.7. The van der Waals surface area contributed by atoms with Crippen LogP contribution < -0.4 is 16.0 Å². The van der Waals surface area contributed by atoms with E-state index >= 15 is 0 Å². The minimum Gasteiger partial charge on any atom is -0.355 e. The maximum atomic E-state index is 11.2. The van der Waals surface area contributed by atoms with E-state index < -0.39 is 0 Å². The highest BCUT2D eigenvalue weighted by molar-refractivity contribution is 5.85. The Bertz CT molecular complexity index is 852. The van der Waals surface area contributed by atoms with Gasteiger partial charge in [-0.3, -0.25) is 10.1 Å². The number of halogens is 2. The van der Waals surface area contributed by atoms with Crippen molar-refractivity contribution in [1.29, 1.82) is 0 Å². The highest BCUT2D eigenvalue weighted by Gasteiger charge is 2.20. The number of rotatable bonds is 7. The summed E-state index contributed by atoms with van der Waals surface area (Å²) >= 11 is 0. The van der Waals surface area contributed by atoms with Gasteiger partial charge in [0.2, 0.25) is 5.95 Å². The average Bonchev–Trinajstić information content (AvgIpc) is 2.67. The van der Waals surface area contributed by atoms with Crippen molar-refractivity contribution in [2.45, 2.75) is 52.0 Å². The third-order valence-corrected chi connectivity index (χ3v) is 5.00. The monoisotopic (exact) mass is 456 g/mol. The Morgan fingerprint density at radius 3 is 2.73 bits per heavy atom. The van der Waals surface area contributed by atoms with Crippen LogP contribution >= 0.6 is 24.8 Å². The van der Waals surface area contributed by atoms with Gasteiger partial charge in [0.05, 0.1) is 4.92 Å². The summed E-state index contributed by atoms with van der Waals surface area (Å²) in [5.74, 6) is 1.32. The number of nitrogens with two attached hydrogens (primary N) is 1. The molecule has 0 aliphatic carbocycles. The summed E-state index contributed by atoms with van der Waals surface area (Å²) in [7, 11) is 0. The van der Waals surface area contributed by atoms with Gasteiger partial charge in [0, 0.05) is 48.2 Å². The van der Waals surface area contributed by atoms with Gasteiger partial charge in [0.1, 0.15) is 5.82 Å². The number of nitrogens with one attached hydrogen (secondary N) is 1. The number of aromatic nitrogens is 2. The highest BCUT2D eigenvalue weighted by Crippen LogP contribution is 2.26. The molecule has 0 unspecified atom stereocenters. The summed E-state index contributed by atoms with van der Waals surface area (Å²) in [6.07, 6.45) is 5.08. The lowest BCUT2D eigenvalue weighted by Gasteiger charge is -2.32. The van der Waals surface area contributed by atoms with Crippen LogP contribution in [0.2, 0.25) is 0 Å². The van der Waals surface area contributed by atoms with Crippen LogP contribution in [0.15, 0.2) is 24.3 Å². The van der Waals surface area contributed by atoms with E-state index in [1.807, 2.05) is 6.07 Å². The van der Waals surface area contributed by atoms with Crippen molar-refractivity contribution in [3.05, 3.63) is 45.6 Å². The number of hydrogen-bond acceptors (Lipinski definition) is 7. The molecular formula is C20H30Cl2N6O2. The Kier molecular flexibility index (Phi) is 10.2. The zero-order chi connectivity index (χ0) is 20.1. The minimum absolute atomic E-state index is 0. The van der Waals surface area contributed by atoms with Crippen LogP contribution in [0.1, 0.15) is 43.9 Å². The van der Waals surface area contributed by atoms with Gasteiger partial charge < -0.3 is 16.0 Å². The Morgan fingerprint density at radius 1 is 1.30 bits per heavy atom. The average molecular weight is 457 g/mol. The van der Waals surface area contributed by atoms with Gasteiger partial charge in [-0.2, -0.15) is 4.98 Å². The molecule has 0 amide bonds. The Balaban J connectivity index is 0.00000225. The summed E-state index contributed by atoms with van der Waals surface area (Å²) in [4.78, 5) is 22.3. The fourth-order valence-electron chi connectivity index (χ4n) is 3.42. The first kappa shape index (κ1) is 25.9. The predicted molar refractivity (Wildman–Crippen MR) is 126 cm³/mol. The first-order valence-electron chi connectivity index (χ1n) is 9.87. The largest absolute Gasteiger partial charge is 0.355 e. The van der Waals surface area contributed by atoms with Gasteiger partial charge in [0.25, 0.3) is 5.69 Å². The fraction of sp³-hybridized carbons (Fsp3) is 0.500. The number of aryl methyl sites for hydroxylation is 2. The van der Waals surface area contributed by atoms with Gasteiger partial charge in [-0.15, -0.1) is 24.8 Å². The fourth-order valence-corrected chi connectivity index (χ4v) is 3.42. The standard InChI is InChI=1S/C20H28N6O2.2ClH/c1-3-4-7-16-12-19(25-10-5-6-15(21)13-25)24-20(22-16)23-17-9-8-14(2)18(11-17)26(27)28;;/h8-9,11-12,15H,3-7,10,13,21H2,1-2H3,(H,22,23,24);2*1H/t15-;;/m1../s1. The molecule has 1 aliphatic heterocycles. The molecular weight excluding hydrogens is 427 g/mol. The van der Waals surface area contributed by atoms with E-state index in [2.05, 4.69) is 27.1 Å². The molecule has 0 bridgehead atoms. The quantitative estimate of drug-likeness (QED) is 0.464. The van der Waals surface area contributed by atoms with Crippen LogP contribution in [0, 0.1) is 17.0 Å². The van der Waals surface area contributed by atoms with Crippen LogP contribution in [-0.2, 0) is 6.42 Å². The van der Waals surface area contributed by atoms with Crippen LogP contribution in [0.3, 0.4) is 0 Å². The number of nitrogens with zero attached hydrogens (tertiary/aromatic N) is 4. The molecule has 0 radical (unpaired) electrons. The molecule has 8 nitrogen and oxygen atoms in total. The molecule has 3 rings (SSSR count). The Morgan fingerprint density at radius 2 is 2.07 bits per heavy atom. The number of hydrogen-bond donors (Lipinski definition) is 2. The molecule has 1 fully saturated rings. The van der Waals surface area contributed by atoms with Gasteiger partial charge in [-0.05, 0) is 38.7 Å². The van der Waals surface area contributed by atoms with Crippen LogP contribution in [0.4, 0.5) is 23.1 Å². The number of unbranched alkanes of at least 4 members (excludes halogenated alkanes) is 1. The third kappa shape index (κ3) is 6.68. The second kappa shape index (κ2) is 11.9. The molecule has 0 saturated carbocycles. The van der Waals surface area contributed by atoms with E-state index in [1.165, 1.54) is 6.07 Å². The van der Waals surface area contributed by atoms with Gasteiger partial charge in [-0.25, -0.2) is 4.98 Å². The van der Waals surface area contributed by atoms with E-state index in [4.69, 9.17) is 5.73 Å². The van der Waals surface area contributed by atoms with Crippen molar-refractivity contribution in [3.8, 4) is 0 Å². The van der Waals surface area contributed by atoms with Crippen LogP contribution in [0.5, 0.6) is 0 Å². The number of nitro groups is 1. The third-order valence-electron chi connectivity index (χ3n) is 5.00. The Labute approximate surface area is 189 Å². The Hall–Kier alpha value is -2.16. The van der Waals surface area contributed by atoms with Crippen molar-refractivity contribution in [2.75, 3.05) is 23.3 Å². The zero-order valence-electron chi connectivity index (χ0n) is 17.3. The highest BCUT2D eigenvalue weighted by atomic mass is 35.5. The smallest absolute Gasteiger partial charge is 0.274 e. The molecule has 10 heteroatoms. The van der Waals surface area contributed by atoms with Gasteiger partial charge >= 0.3 is 0 Å². The van der Waals surface area contributed by atoms with Gasteiger partial charge in [-0.1, -0.05) is 19.4 Å². The summed E-state index contributed by atoms with van der Waals surface area (Å²) in [6.45, 7) is 5.57.